The highest BCUT2D eigenvalue weighted by Gasteiger charge is 2.26. The summed E-state index contributed by atoms with van der Waals surface area (Å²) in [5.74, 6) is 0.820. The van der Waals surface area contributed by atoms with Gasteiger partial charge in [0.15, 0.2) is 11.6 Å². The number of imidazole rings is 1. The number of aromatic nitrogens is 6. The third kappa shape index (κ3) is 3.15. The van der Waals surface area contributed by atoms with Gasteiger partial charge in [0.1, 0.15) is 23.2 Å². The summed E-state index contributed by atoms with van der Waals surface area (Å²) in [5.41, 5.74) is 3.45. The number of pyridine rings is 1. The van der Waals surface area contributed by atoms with E-state index in [4.69, 9.17) is 21.3 Å². The lowest BCUT2D eigenvalue weighted by Gasteiger charge is -2.29. The molecule has 4 heterocycles. The molecule has 0 atom stereocenters. The molecule has 1 aliphatic heterocycles. The van der Waals surface area contributed by atoms with Gasteiger partial charge in [-0.2, -0.15) is 0 Å². The fourth-order valence-corrected chi connectivity index (χ4v) is 4.70. The van der Waals surface area contributed by atoms with E-state index in [1.54, 1.807) is 18.3 Å². The van der Waals surface area contributed by atoms with Crippen molar-refractivity contribution >= 4 is 39.2 Å². The van der Waals surface area contributed by atoms with E-state index in [-0.39, 0.29) is 5.82 Å². The van der Waals surface area contributed by atoms with Crippen molar-refractivity contribution in [2.24, 2.45) is 0 Å². The summed E-state index contributed by atoms with van der Waals surface area (Å²) in [6.07, 6.45) is 3.18. The zero-order valence-electron chi connectivity index (χ0n) is 17.7. The van der Waals surface area contributed by atoms with Gasteiger partial charge in [-0.3, -0.25) is 9.55 Å². The molecule has 0 saturated carbocycles. The van der Waals surface area contributed by atoms with Crippen molar-refractivity contribution in [2.45, 2.75) is 6.92 Å². The monoisotopic (exact) mass is 463 g/mol. The molecule has 2 aromatic carbocycles. The highest BCUT2D eigenvalue weighted by molar-refractivity contribution is 6.35. The van der Waals surface area contributed by atoms with Crippen LogP contribution in [0.25, 0.3) is 39.0 Å². The maximum absolute atomic E-state index is 16.3. The van der Waals surface area contributed by atoms with Crippen LogP contribution in [0.1, 0.15) is 5.82 Å². The Balaban J connectivity index is 1.70. The van der Waals surface area contributed by atoms with Crippen LogP contribution in [0, 0.1) is 12.7 Å². The first kappa shape index (κ1) is 20.1. The third-order valence-corrected chi connectivity index (χ3v) is 6.28. The SMILES string of the molecule is Cc1nc2c(-c3nnc[nH]3)cc(N3CCOCC3)c(F)c2n1-c1ccnc2c(Cl)cccc12. The van der Waals surface area contributed by atoms with E-state index < -0.39 is 0 Å². The molecule has 0 spiro atoms. The van der Waals surface area contributed by atoms with Crippen molar-refractivity contribution in [3.63, 3.8) is 0 Å². The predicted octanol–water partition coefficient (Wildman–Crippen LogP) is 4.30. The molecule has 0 bridgehead atoms. The molecule has 1 fully saturated rings. The lowest BCUT2D eigenvalue weighted by atomic mass is 10.1. The number of nitrogens with one attached hydrogen (secondary N) is 1. The Bertz CT molecular complexity index is 1490. The summed E-state index contributed by atoms with van der Waals surface area (Å²) in [6.45, 7) is 4.13. The number of hydrogen-bond donors (Lipinski definition) is 1. The van der Waals surface area contributed by atoms with Crippen LogP contribution in [0.4, 0.5) is 10.1 Å². The molecular formula is C23H19ClFN7O. The largest absolute Gasteiger partial charge is 0.378 e. The smallest absolute Gasteiger partial charge is 0.172 e. The lowest BCUT2D eigenvalue weighted by molar-refractivity contribution is 0.122. The number of para-hydroxylation sites is 1. The zero-order valence-corrected chi connectivity index (χ0v) is 18.5. The molecule has 6 rings (SSSR count). The van der Waals surface area contributed by atoms with E-state index in [9.17, 15) is 0 Å². The Labute approximate surface area is 193 Å². The van der Waals surface area contributed by atoms with Crippen LogP contribution in [-0.4, -0.2) is 56.0 Å². The van der Waals surface area contributed by atoms with Gasteiger partial charge in [0.2, 0.25) is 0 Å². The summed E-state index contributed by atoms with van der Waals surface area (Å²) < 4.78 is 23.6. The number of halogens is 2. The highest BCUT2D eigenvalue weighted by Crippen LogP contribution is 2.38. The van der Waals surface area contributed by atoms with Crippen molar-refractivity contribution in [3.05, 3.63) is 59.5 Å². The number of hydrogen-bond acceptors (Lipinski definition) is 6. The fraction of sp³-hybridized carbons (Fsp3) is 0.217. The summed E-state index contributed by atoms with van der Waals surface area (Å²) in [6, 6.07) is 9.22. The first-order valence-corrected chi connectivity index (χ1v) is 11.0. The van der Waals surface area contributed by atoms with Crippen molar-refractivity contribution in [1.82, 2.24) is 29.7 Å². The predicted molar refractivity (Wildman–Crippen MR) is 124 cm³/mol. The molecule has 0 unspecified atom stereocenters. The minimum absolute atomic E-state index is 0.345. The fourth-order valence-electron chi connectivity index (χ4n) is 4.48. The molecule has 8 nitrogen and oxygen atoms in total. The van der Waals surface area contributed by atoms with Crippen molar-refractivity contribution in [2.75, 3.05) is 31.2 Å². The molecule has 5 aromatic rings. The Morgan fingerprint density at radius 3 is 2.76 bits per heavy atom. The van der Waals surface area contributed by atoms with Crippen molar-refractivity contribution < 1.29 is 9.13 Å². The molecule has 166 valence electrons. The number of H-pyrrole nitrogens is 1. The van der Waals surface area contributed by atoms with E-state index in [0.717, 1.165) is 11.1 Å². The molecule has 1 N–H and O–H groups in total. The third-order valence-electron chi connectivity index (χ3n) is 5.98. The van der Waals surface area contributed by atoms with Gasteiger partial charge in [0.25, 0.3) is 0 Å². The minimum atomic E-state index is -0.345. The Morgan fingerprint density at radius 1 is 1.12 bits per heavy atom. The molecule has 33 heavy (non-hydrogen) atoms. The van der Waals surface area contributed by atoms with Crippen LogP contribution in [0.2, 0.25) is 5.02 Å². The van der Waals surface area contributed by atoms with Crippen LogP contribution in [0.5, 0.6) is 0 Å². The average Bonchev–Trinajstić information content (AvgIpc) is 3.48. The number of fused-ring (bicyclic) bond motifs is 2. The van der Waals surface area contributed by atoms with E-state index in [0.29, 0.717) is 70.8 Å². The van der Waals surface area contributed by atoms with E-state index >= 15 is 4.39 Å². The Morgan fingerprint density at radius 2 is 1.97 bits per heavy atom. The second-order valence-electron chi connectivity index (χ2n) is 7.85. The van der Waals surface area contributed by atoms with E-state index in [2.05, 4.69) is 20.2 Å². The number of ether oxygens (including phenoxy) is 1. The minimum Gasteiger partial charge on any atom is -0.378 e. The van der Waals surface area contributed by atoms with Crippen LogP contribution < -0.4 is 4.90 Å². The van der Waals surface area contributed by atoms with Gasteiger partial charge in [-0.05, 0) is 25.1 Å². The van der Waals surface area contributed by atoms with Gasteiger partial charge < -0.3 is 14.6 Å². The number of morpholine rings is 1. The van der Waals surface area contributed by atoms with Gasteiger partial charge in [-0.15, -0.1) is 10.2 Å². The lowest BCUT2D eigenvalue weighted by Crippen LogP contribution is -2.36. The van der Waals surface area contributed by atoms with Crippen LogP contribution in [0.15, 0.2) is 42.9 Å². The molecule has 1 saturated heterocycles. The first-order chi connectivity index (χ1) is 16.1. The van der Waals surface area contributed by atoms with Crippen molar-refractivity contribution in [1.29, 1.82) is 0 Å². The maximum atomic E-state index is 16.3. The summed E-state index contributed by atoms with van der Waals surface area (Å²) >= 11 is 6.40. The van der Waals surface area contributed by atoms with Crippen LogP contribution in [-0.2, 0) is 4.74 Å². The van der Waals surface area contributed by atoms with Gasteiger partial charge in [0, 0.05) is 30.2 Å². The van der Waals surface area contributed by atoms with Gasteiger partial charge in [-0.25, -0.2) is 9.37 Å². The number of aryl methyl sites for hydroxylation is 1. The zero-order chi connectivity index (χ0) is 22.5. The topological polar surface area (TPSA) is 84.8 Å². The van der Waals surface area contributed by atoms with Gasteiger partial charge >= 0.3 is 0 Å². The van der Waals surface area contributed by atoms with E-state index in [1.807, 2.05) is 34.6 Å². The summed E-state index contributed by atoms with van der Waals surface area (Å²) in [4.78, 5) is 14.2. The normalized spacial score (nSPS) is 14.5. The van der Waals surface area contributed by atoms with Gasteiger partial charge in [-0.1, -0.05) is 23.7 Å². The quantitative estimate of drug-likeness (QED) is 0.429. The molecule has 3 aromatic heterocycles. The average molecular weight is 464 g/mol. The second kappa shape index (κ2) is 7.79. The molecule has 10 heteroatoms. The standard InChI is InChI=1S/C23H19ClFN7O/c1-13-29-21-15(23-27-12-28-30-23)11-18(31-7-9-33-10-8-31)19(25)22(21)32(13)17-5-6-26-20-14(17)3-2-4-16(20)24/h2-6,11-12H,7-10H2,1H3,(H,27,28,30). The molecule has 0 aliphatic carbocycles. The number of benzene rings is 2. The van der Waals surface area contributed by atoms with E-state index in [1.165, 1.54) is 6.33 Å². The Hall–Kier alpha value is -3.56. The van der Waals surface area contributed by atoms with Crippen LogP contribution in [0.3, 0.4) is 0 Å². The maximum Gasteiger partial charge on any atom is 0.172 e. The number of rotatable bonds is 3. The molecular weight excluding hydrogens is 445 g/mol. The summed E-state index contributed by atoms with van der Waals surface area (Å²) in [5, 5.41) is 9.44. The molecule has 1 aliphatic rings. The Kier molecular flexibility index (Phi) is 4.74. The van der Waals surface area contributed by atoms with Crippen LogP contribution >= 0.6 is 11.6 Å². The highest BCUT2D eigenvalue weighted by atomic mass is 35.5. The number of nitrogens with zero attached hydrogens (tertiary/aromatic N) is 6. The molecule has 0 amide bonds. The summed E-state index contributed by atoms with van der Waals surface area (Å²) in [7, 11) is 0. The number of anilines is 1. The second-order valence-corrected chi connectivity index (χ2v) is 8.26. The first-order valence-electron chi connectivity index (χ1n) is 10.6. The number of aromatic amines is 1. The van der Waals surface area contributed by atoms with Crippen molar-refractivity contribution in [3.8, 4) is 17.1 Å². The van der Waals surface area contributed by atoms with Gasteiger partial charge in [0.05, 0.1) is 35.1 Å². The molecule has 0 radical (unpaired) electrons.